The molecular weight excluding hydrogens is 725 g/mol. The molecule has 3 unspecified atom stereocenters. The first kappa shape index (κ1) is 53.9. The minimum absolute atomic E-state index is 0.00106. The van der Waals surface area contributed by atoms with Crippen LogP contribution in [0.4, 0.5) is 0 Å². The van der Waals surface area contributed by atoms with Crippen LogP contribution in [0.3, 0.4) is 0 Å². The molecule has 0 rings (SSSR count). The van der Waals surface area contributed by atoms with E-state index < -0.39 is 26.0 Å². The first-order chi connectivity index (χ1) is 27.0. The van der Waals surface area contributed by atoms with Gasteiger partial charge in [0, 0.05) is 13.0 Å². The summed E-state index contributed by atoms with van der Waals surface area (Å²) >= 11 is 0. The molecule has 9 nitrogen and oxygen atoms in total. The van der Waals surface area contributed by atoms with Crippen molar-refractivity contribution in [1.29, 1.82) is 0 Å². The zero-order chi connectivity index (χ0) is 41.4. The van der Waals surface area contributed by atoms with E-state index in [1.807, 2.05) is 57.6 Å². The molecule has 0 radical (unpaired) electrons. The maximum atomic E-state index is 12.6. The molecule has 56 heavy (non-hydrogen) atoms. The van der Waals surface area contributed by atoms with E-state index in [0.717, 1.165) is 38.5 Å². The number of phosphoric ester groups is 1. The summed E-state index contributed by atoms with van der Waals surface area (Å²) in [5.41, 5.74) is 0. The van der Waals surface area contributed by atoms with Crippen LogP contribution in [0.5, 0.6) is 0 Å². The number of hydrogen-bond donors (Lipinski definition) is 1. The molecule has 0 aliphatic carbocycles. The van der Waals surface area contributed by atoms with E-state index in [1.165, 1.54) is 77.0 Å². The van der Waals surface area contributed by atoms with Crippen LogP contribution in [0, 0.1) is 0 Å². The Bertz CT molecular complexity index is 1140. The number of unbranched alkanes of at least 4 members (excludes halogenated alkanes) is 13. The zero-order valence-corrected chi connectivity index (χ0v) is 37.1. The minimum atomic E-state index is -4.56. The van der Waals surface area contributed by atoms with Crippen molar-refractivity contribution in [2.24, 2.45) is 0 Å². The average molecular weight is 808 g/mol. The van der Waals surface area contributed by atoms with Gasteiger partial charge in [0.1, 0.15) is 19.3 Å². The number of rotatable bonds is 39. The number of aliphatic hydroxyl groups is 1. The van der Waals surface area contributed by atoms with Gasteiger partial charge < -0.3 is 33.0 Å². The van der Waals surface area contributed by atoms with Crippen molar-refractivity contribution >= 4 is 13.8 Å². The minimum Gasteiger partial charge on any atom is -0.756 e. The molecule has 0 spiro atoms. The molecule has 0 heterocycles. The van der Waals surface area contributed by atoms with Gasteiger partial charge in [-0.05, 0) is 44.9 Å². The standard InChI is InChI=1S/C46H82NO8P/c1-6-8-10-12-14-15-16-17-18-21-24-27-31-35-40-52-42-45(43-54-56(50,51)53-41-39-47(3,4)5)55-46(49)38-34-30-26-23-20-19-22-25-29-33-37-44(48)36-32-28-13-11-9-7-2/h9,11,19-20,25-26,28-30,32-33,37,44-45,48H,6-8,10,12-18,21-24,27,31,34-36,38-43H2,1-5H3/b11-9-,20-19-,29-25-,30-26-,32-28-,37-33+. The Morgan fingerprint density at radius 1 is 0.679 bits per heavy atom. The van der Waals surface area contributed by atoms with Crippen LogP contribution in [-0.4, -0.2) is 81.9 Å². The van der Waals surface area contributed by atoms with Gasteiger partial charge >= 0.3 is 5.97 Å². The fourth-order valence-electron chi connectivity index (χ4n) is 5.48. The van der Waals surface area contributed by atoms with E-state index in [9.17, 15) is 19.4 Å². The number of aliphatic hydroxyl groups excluding tert-OH is 1. The zero-order valence-electron chi connectivity index (χ0n) is 36.2. The molecule has 0 amide bonds. The first-order valence-electron chi connectivity index (χ1n) is 21.8. The van der Waals surface area contributed by atoms with Crippen LogP contribution < -0.4 is 4.89 Å². The van der Waals surface area contributed by atoms with E-state index >= 15 is 0 Å². The number of allylic oxidation sites excluding steroid dienone is 10. The lowest BCUT2D eigenvalue weighted by Crippen LogP contribution is -2.37. The fraction of sp³-hybridized carbons (Fsp3) is 0.717. The van der Waals surface area contributed by atoms with Gasteiger partial charge in [-0.3, -0.25) is 9.36 Å². The smallest absolute Gasteiger partial charge is 0.306 e. The Balaban J connectivity index is 4.45. The average Bonchev–Trinajstić information content (AvgIpc) is 3.14. The highest BCUT2D eigenvalue weighted by atomic mass is 31.2. The third kappa shape index (κ3) is 41.5. The molecule has 0 aliphatic heterocycles. The summed E-state index contributed by atoms with van der Waals surface area (Å²) in [6, 6.07) is 0. The molecule has 324 valence electrons. The Labute approximate surface area is 343 Å². The monoisotopic (exact) mass is 808 g/mol. The molecular formula is C46H82NO8P. The summed E-state index contributed by atoms with van der Waals surface area (Å²) in [6.07, 6.45) is 45.3. The Hall–Kier alpha value is -2.10. The normalized spacial score (nSPS) is 15.1. The van der Waals surface area contributed by atoms with Crippen molar-refractivity contribution in [2.45, 2.75) is 161 Å². The molecule has 0 aliphatic rings. The molecule has 10 heteroatoms. The van der Waals surface area contributed by atoms with Gasteiger partial charge in [-0.15, -0.1) is 0 Å². The van der Waals surface area contributed by atoms with Crippen molar-refractivity contribution in [3.05, 3.63) is 72.9 Å². The number of likely N-dealkylation sites (N-methyl/N-ethyl adjacent to an activating group) is 1. The van der Waals surface area contributed by atoms with Gasteiger partial charge in [0.25, 0.3) is 7.82 Å². The number of esters is 1. The van der Waals surface area contributed by atoms with Gasteiger partial charge in [0.05, 0.1) is 40.5 Å². The van der Waals surface area contributed by atoms with Gasteiger partial charge in [-0.1, -0.05) is 170 Å². The van der Waals surface area contributed by atoms with Crippen LogP contribution in [0.1, 0.15) is 149 Å². The lowest BCUT2D eigenvalue weighted by molar-refractivity contribution is -0.870. The quantitative estimate of drug-likeness (QED) is 0.0163. The van der Waals surface area contributed by atoms with Crippen molar-refractivity contribution in [3.63, 3.8) is 0 Å². The molecule has 0 aromatic carbocycles. The van der Waals surface area contributed by atoms with E-state index in [2.05, 4.69) is 44.2 Å². The van der Waals surface area contributed by atoms with Crippen LogP contribution in [0.2, 0.25) is 0 Å². The molecule has 0 fully saturated rings. The topological polar surface area (TPSA) is 114 Å². The van der Waals surface area contributed by atoms with Crippen LogP contribution in [0.15, 0.2) is 72.9 Å². The third-order valence-electron chi connectivity index (χ3n) is 8.87. The Morgan fingerprint density at radius 2 is 1.23 bits per heavy atom. The highest BCUT2D eigenvalue weighted by molar-refractivity contribution is 7.45. The lowest BCUT2D eigenvalue weighted by Gasteiger charge is -2.28. The summed E-state index contributed by atoms with van der Waals surface area (Å²) in [5.74, 6) is -0.436. The lowest BCUT2D eigenvalue weighted by atomic mass is 10.0. The van der Waals surface area contributed by atoms with Crippen molar-refractivity contribution < 1.29 is 42.4 Å². The van der Waals surface area contributed by atoms with Gasteiger partial charge in [-0.2, -0.15) is 0 Å². The first-order valence-corrected chi connectivity index (χ1v) is 23.2. The maximum Gasteiger partial charge on any atom is 0.306 e. The summed E-state index contributed by atoms with van der Waals surface area (Å²) in [7, 11) is 1.27. The molecule has 0 bridgehead atoms. The van der Waals surface area contributed by atoms with Gasteiger partial charge in [0.15, 0.2) is 0 Å². The molecule has 0 aromatic heterocycles. The van der Waals surface area contributed by atoms with Crippen LogP contribution in [-0.2, 0) is 27.9 Å². The van der Waals surface area contributed by atoms with Crippen molar-refractivity contribution in [3.8, 4) is 0 Å². The number of carbonyl (C=O) groups is 1. The number of ether oxygens (including phenoxy) is 2. The predicted octanol–water partition coefficient (Wildman–Crippen LogP) is 11.1. The number of nitrogens with zero attached hydrogens (tertiary/aromatic N) is 1. The summed E-state index contributed by atoms with van der Waals surface area (Å²) in [5, 5.41) is 10.0. The third-order valence-corrected chi connectivity index (χ3v) is 9.83. The van der Waals surface area contributed by atoms with E-state index in [4.69, 9.17) is 18.5 Å². The predicted molar refractivity (Wildman–Crippen MR) is 232 cm³/mol. The number of phosphoric acid groups is 1. The molecule has 3 atom stereocenters. The summed E-state index contributed by atoms with van der Waals surface area (Å²) < 4.78 is 34.4. The molecule has 0 saturated heterocycles. The second-order valence-electron chi connectivity index (χ2n) is 15.5. The molecule has 1 N–H and O–H groups in total. The maximum absolute atomic E-state index is 12.6. The number of carbonyl (C=O) groups excluding carboxylic acids is 1. The molecule has 0 saturated carbocycles. The highest BCUT2D eigenvalue weighted by Gasteiger charge is 2.20. The summed E-state index contributed by atoms with van der Waals surface area (Å²) in [4.78, 5) is 25.0. The fourth-order valence-corrected chi connectivity index (χ4v) is 6.21. The van der Waals surface area contributed by atoms with Crippen molar-refractivity contribution in [2.75, 3.05) is 54.1 Å². The second kappa shape index (κ2) is 38.4. The highest BCUT2D eigenvalue weighted by Crippen LogP contribution is 2.38. The van der Waals surface area contributed by atoms with Gasteiger partial charge in [0.2, 0.25) is 0 Å². The Morgan fingerprint density at radius 3 is 1.84 bits per heavy atom. The van der Waals surface area contributed by atoms with E-state index in [0.29, 0.717) is 30.5 Å². The largest absolute Gasteiger partial charge is 0.756 e. The van der Waals surface area contributed by atoms with Crippen molar-refractivity contribution in [1.82, 2.24) is 0 Å². The van der Waals surface area contributed by atoms with Gasteiger partial charge in [-0.25, -0.2) is 0 Å². The van der Waals surface area contributed by atoms with Crippen LogP contribution >= 0.6 is 7.82 Å². The molecule has 0 aromatic rings. The van der Waals surface area contributed by atoms with E-state index in [1.54, 1.807) is 6.08 Å². The SMILES string of the molecule is CC/C=C\C/C=C\CC(O)/C=C/C=C\C/C=C\C/C=C\CCC(=O)OC(COCCCCCCCCCCCCCCCC)COP(=O)([O-])OCC[N+](C)(C)C. The van der Waals surface area contributed by atoms with Crippen LogP contribution in [0.25, 0.3) is 0 Å². The van der Waals surface area contributed by atoms with E-state index in [-0.39, 0.29) is 26.2 Å². The second-order valence-corrected chi connectivity index (χ2v) is 16.9. The summed E-state index contributed by atoms with van der Waals surface area (Å²) in [6.45, 7) is 5.09. The number of quaternary nitrogens is 1. The number of hydrogen-bond acceptors (Lipinski definition) is 8. The Kier molecular flexibility index (Phi) is 37.0.